The number of para-hydroxylation sites is 1. The Bertz CT molecular complexity index is 850. The normalized spacial score (nSPS) is 16.6. The molecule has 0 atom stereocenters. The first-order valence-corrected chi connectivity index (χ1v) is 13.5. The molecule has 2 aromatic carbocycles. The first kappa shape index (κ1) is 21.8. The molecule has 1 saturated heterocycles. The molecule has 4 nitrogen and oxygen atoms in total. The van der Waals surface area contributed by atoms with Crippen molar-refractivity contribution < 1.29 is 14.3 Å². The predicted octanol–water partition coefficient (Wildman–Crippen LogP) is 5.59. The van der Waals surface area contributed by atoms with Gasteiger partial charge in [0.15, 0.2) is 0 Å². The summed E-state index contributed by atoms with van der Waals surface area (Å²) < 4.78 is 5.11. The van der Waals surface area contributed by atoms with Crippen molar-refractivity contribution in [2.24, 2.45) is 0 Å². The Labute approximate surface area is 178 Å². The Morgan fingerprint density at radius 3 is 2.45 bits per heavy atom. The van der Waals surface area contributed by atoms with E-state index in [2.05, 4.69) is 29.6 Å². The number of halogens is 1. The van der Waals surface area contributed by atoms with Crippen LogP contribution in [0.15, 0.2) is 48.5 Å². The number of carbonyl (C=O) groups excluding carboxylic acids is 2. The van der Waals surface area contributed by atoms with Crippen molar-refractivity contribution in [3.05, 3.63) is 64.7 Å². The van der Waals surface area contributed by atoms with Crippen LogP contribution >= 0.6 is 18.9 Å². The van der Waals surface area contributed by atoms with Gasteiger partial charge < -0.3 is 0 Å². The van der Waals surface area contributed by atoms with Crippen molar-refractivity contribution >= 4 is 36.4 Å². The summed E-state index contributed by atoms with van der Waals surface area (Å²) in [5, 5.41) is 3.29. The van der Waals surface area contributed by atoms with Gasteiger partial charge in [0.1, 0.15) is 0 Å². The second-order valence-electron chi connectivity index (χ2n) is 7.83. The molecule has 0 spiro atoms. The van der Waals surface area contributed by atoms with E-state index in [1.54, 1.807) is 25.1 Å². The van der Waals surface area contributed by atoms with Gasteiger partial charge in [-0.1, -0.05) is 0 Å². The van der Waals surface area contributed by atoms with Crippen LogP contribution in [0.2, 0.25) is 5.02 Å². The fraction of sp³-hybridized carbons (Fsp3) is 0.391. The summed E-state index contributed by atoms with van der Waals surface area (Å²) in [4.78, 5) is 25.3. The molecule has 3 rings (SSSR count). The average molecular weight is 434 g/mol. The van der Waals surface area contributed by atoms with E-state index >= 15 is 0 Å². The third kappa shape index (κ3) is 5.81. The van der Waals surface area contributed by atoms with E-state index in [1.807, 2.05) is 6.07 Å². The zero-order valence-electron chi connectivity index (χ0n) is 16.9. The molecule has 1 fully saturated rings. The number of hydrogen-bond donors (Lipinski definition) is 1. The van der Waals surface area contributed by atoms with Crippen LogP contribution in [0.25, 0.3) is 0 Å². The van der Waals surface area contributed by atoms with Gasteiger partial charge in [-0.15, -0.1) is 0 Å². The minimum absolute atomic E-state index is 0.0480. The molecule has 0 aliphatic carbocycles. The van der Waals surface area contributed by atoms with Gasteiger partial charge in [0.25, 0.3) is 0 Å². The van der Waals surface area contributed by atoms with Gasteiger partial charge in [-0.25, -0.2) is 0 Å². The molecule has 0 unspecified atom stereocenters. The SMILES string of the molecule is CCOC(=O)c1cccc(Cl)c1NC(=O)C[PH]1(Cc2ccccc2)CCCCC1. The summed E-state index contributed by atoms with van der Waals surface area (Å²) in [6.45, 7) is 2.02. The van der Waals surface area contributed by atoms with Crippen molar-refractivity contribution in [3.63, 3.8) is 0 Å². The molecule has 1 aliphatic heterocycles. The maximum atomic E-state index is 13.1. The summed E-state index contributed by atoms with van der Waals surface area (Å²) in [6.07, 6.45) is 7.57. The number of nitrogens with one attached hydrogen (secondary N) is 1. The molecule has 0 saturated carbocycles. The Kier molecular flexibility index (Phi) is 7.69. The van der Waals surface area contributed by atoms with Gasteiger partial charge >= 0.3 is 178 Å². The van der Waals surface area contributed by atoms with E-state index in [1.165, 1.54) is 37.1 Å². The molecule has 29 heavy (non-hydrogen) atoms. The number of ether oxygens (including phenoxy) is 1. The summed E-state index contributed by atoms with van der Waals surface area (Å²) in [6, 6.07) is 15.5. The molecule has 0 bridgehead atoms. The predicted molar refractivity (Wildman–Crippen MR) is 123 cm³/mol. The summed E-state index contributed by atoms with van der Waals surface area (Å²) >= 11 is 6.31. The summed E-state index contributed by atoms with van der Waals surface area (Å²) in [7, 11) is -1.79. The third-order valence-electron chi connectivity index (χ3n) is 5.65. The van der Waals surface area contributed by atoms with Gasteiger partial charge in [0.2, 0.25) is 0 Å². The number of amides is 1. The number of rotatable bonds is 7. The molecule has 1 aliphatic rings. The summed E-state index contributed by atoms with van der Waals surface area (Å²) in [5.41, 5.74) is 1.98. The van der Waals surface area contributed by atoms with Gasteiger partial charge in [0, 0.05) is 0 Å². The Morgan fingerprint density at radius 1 is 1.03 bits per heavy atom. The maximum absolute atomic E-state index is 13.1. The fourth-order valence-electron chi connectivity index (χ4n) is 4.30. The molecular formula is C23H29ClNO3P. The van der Waals surface area contributed by atoms with E-state index in [-0.39, 0.29) is 12.5 Å². The van der Waals surface area contributed by atoms with Crippen LogP contribution in [0, 0.1) is 0 Å². The molecule has 6 heteroatoms. The van der Waals surface area contributed by atoms with E-state index < -0.39 is 13.2 Å². The molecule has 0 radical (unpaired) electrons. The zero-order valence-corrected chi connectivity index (χ0v) is 18.6. The second kappa shape index (κ2) is 10.2. The van der Waals surface area contributed by atoms with Gasteiger partial charge in [-0.3, -0.25) is 0 Å². The van der Waals surface area contributed by atoms with Crippen LogP contribution in [-0.2, 0) is 15.7 Å². The monoisotopic (exact) mass is 433 g/mol. The second-order valence-corrected chi connectivity index (χ2v) is 12.9. The Morgan fingerprint density at radius 2 is 1.76 bits per heavy atom. The Balaban J connectivity index is 1.78. The number of benzene rings is 2. The fourth-order valence-corrected chi connectivity index (χ4v) is 9.48. The molecule has 1 N–H and O–H groups in total. The van der Waals surface area contributed by atoms with Gasteiger partial charge in [-0.05, 0) is 0 Å². The van der Waals surface area contributed by atoms with Crippen molar-refractivity contribution in [2.75, 3.05) is 30.4 Å². The van der Waals surface area contributed by atoms with Gasteiger partial charge in [-0.2, -0.15) is 0 Å². The van der Waals surface area contributed by atoms with Crippen LogP contribution in [0.5, 0.6) is 0 Å². The molecule has 0 aromatic heterocycles. The van der Waals surface area contributed by atoms with Crippen molar-refractivity contribution in [3.8, 4) is 0 Å². The van der Waals surface area contributed by atoms with E-state index in [9.17, 15) is 9.59 Å². The number of hydrogen-bond acceptors (Lipinski definition) is 3. The van der Waals surface area contributed by atoms with E-state index in [0.29, 0.717) is 22.4 Å². The van der Waals surface area contributed by atoms with E-state index in [0.717, 1.165) is 6.16 Å². The topological polar surface area (TPSA) is 55.4 Å². The van der Waals surface area contributed by atoms with Crippen molar-refractivity contribution in [1.29, 1.82) is 0 Å². The third-order valence-corrected chi connectivity index (χ3v) is 11.0. The van der Waals surface area contributed by atoms with Crippen molar-refractivity contribution in [2.45, 2.75) is 32.3 Å². The first-order chi connectivity index (χ1) is 14.0. The minimum atomic E-state index is -1.79. The van der Waals surface area contributed by atoms with Crippen molar-refractivity contribution in [1.82, 2.24) is 0 Å². The molecule has 1 amide bonds. The van der Waals surface area contributed by atoms with Crippen LogP contribution in [0.3, 0.4) is 0 Å². The molecule has 1 heterocycles. The van der Waals surface area contributed by atoms with Crippen LogP contribution in [-0.4, -0.2) is 37.0 Å². The van der Waals surface area contributed by atoms with E-state index in [4.69, 9.17) is 16.3 Å². The molecule has 2 aromatic rings. The Hall–Kier alpha value is -1.90. The van der Waals surface area contributed by atoms with Gasteiger partial charge in [0.05, 0.1) is 0 Å². The number of anilines is 1. The quantitative estimate of drug-likeness (QED) is 0.457. The van der Waals surface area contributed by atoms with Crippen LogP contribution in [0.4, 0.5) is 5.69 Å². The molecule has 156 valence electrons. The first-order valence-electron chi connectivity index (χ1n) is 10.3. The number of esters is 1. The zero-order chi connectivity index (χ0) is 20.7. The van der Waals surface area contributed by atoms with Crippen LogP contribution < -0.4 is 5.32 Å². The van der Waals surface area contributed by atoms with Crippen LogP contribution in [0.1, 0.15) is 42.1 Å². The molecular weight excluding hydrogens is 405 g/mol. The summed E-state index contributed by atoms with van der Waals surface area (Å²) in [5.74, 6) is -0.521. The average Bonchev–Trinajstić information content (AvgIpc) is 2.71. The number of carbonyl (C=O) groups is 2. The standard InChI is InChI=1S/C23H29ClNO3P/c1-2-28-23(27)19-12-9-13-20(24)22(19)25-21(26)17-29(14-7-4-8-15-29)16-18-10-5-3-6-11-18/h3,5-6,9-13,29H,2,4,7-8,14-17H2,1H3,(H,25,26).